The fourth-order valence-electron chi connectivity index (χ4n) is 6.31. The first-order chi connectivity index (χ1) is 22.3. The lowest BCUT2D eigenvalue weighted by atomic mass is 10.0. The number of hydrogen-bond acceptors (Lipinski definition) is 4. The lowest BCUT2D eigenvalue weighted by Crippen LogP contribution is -2.10. The third-order valence-electron chi connectivity index (χ3n) is 8.47. The Morgan fingerprint density at radius 3 is 1.91 bits per heavy atom. The van der Waals surface area contributed by atoms with Gasteiger partial charge in [-0.3, -0.25) is 0 Å². The Kier molecular flexibility index (Phi) is 5.78. The number of fused-ring (bicyclic) bond motifs is 6. The van der Waals surface area contributed by atoms with Crippen LogP contribution in [0.4, 0.5) is 17.1 Å². The predicted molar refractivity (Wildman–Crippen MR) is 184 cm³/mol. The molecule has 4 heteroatoms. The Hall–Kier alpha value is -6.13. The standard InChI is InChI=1S/C41H26N2O2/c1-3-11-27(12-4-1)29-19-22-32(23-20-29)43(33-24-21-28-13-7-8-16-31(28)25-33)35-26-37-38(34-17-9-10-18-36(34)44-37)40-39(35)42-41(45-40)30-14-5-2-6-15-30/h1-26H. The van der Waals surface area contributed by atoms with Gasteiger partial charge in [0.25, 0.3) is 0 Å². The summed E-state index contributed by atoms with van der Waals surface area (Å²) in [6, 6.07) is 54.4. The summed E-state index contributed by atoms with van der Waals surface area (Å²) in [5, 5.41) is 4.28. The highest BCUT2D eigenvalue weighted by Crippen LogP contribution is 2.46. The van der Waals surface area contributed by atoms with Crippen molar-refractivity contribution in [1.82, 2.24) is 4.98 Å². The molecule has 9 rings (SSSR count). The average Bonchev–Trinajstić information content (AvgIpc) is 3.72. The molecule has 0 aliphatic rings. The van der Waals surface area contributed by atoms with Crippen LogP contribution in [0, 0.1) is 0 Å². The van der Waals surface area contributed by atoms with Gasteiger partial charge in [-0.05, 0) is 64.4 Å². The topological polar surface area (TPSA) is 42.4 Å². The molecule has 0 aliphatic carbocycles. The van der Waals surface area contributed by atoms with Crippen molar-refractivity contribution in [2.45, 2.75) is 0 Å². The van der Waals surface area contributed by atoms with Crippen molar-refractivity contribution in [1.29, 1.82) is 0 Å². The highest BCUT2D eigenvalue weighted by molar-refractivity contribution is 6.20. The normalized spacial score (nSPS) is 11.6. The van der Waals surface area contributed by atoms with Crippen molar-refractivity contribution in [2.24, 2.45) is 0 Å². The summed E-state index contributed by atoms with van der Waals surface area (Å²) in [7, 11) is 0. The number of hydrogen-bond donors (Lipinski definition) is 0. The number of nitrogens with zero attached hydrogens (tertiary/aromatic N) is 2. The Bertz CT molecular complexity index is 2480. The maximum Gasteiger partial charge on any atom is 0.227 e. The summed E-state index contributed by atoms with van der Waals surface area (Å²) in [5.41, 5.74) is 9.20. The van der Waals surface area contributed by atoms with Crippen LogP contribution < -0.4 is 4.90 Å². The smallest absolute Gasteiger partial charge is 0.227 e. The minimum absolute atomic E-state index is 0.572. The van der Waals surface area contributed by atoms with E-state index in [1.807, 2.05) is 54.6 Å². The molecule has 0 saturated carbocycles. The zero-order chi connectivity index (χ0) is 29.7. The molecule has 9 aromatic rings. The van der Waals surface area contributed by atoms with Crippen molar-refractivity contribution < 1.29 is 8.83 Å². The van der Waals surface area contributed by atoms with E-state index in [0.29, 0.717) is 11.5 Å². The molecule has 0 fully saturated rings. The van der Waals surface area contributed by atoms with E-state index in [1.165, 1.54) is 10.9 Å². The van der Waals surface area contributed by atoms with Crippen LogP contribution in [0.1, 0.15) is 0 Å². The van der Waals surface area contributed by atoms with Gasteiger partial charge in [-0.15, -0.1) is 0 Å². The number of furan rings is 1. The van der Waals surface area contributed by atoms with E-state index < -0.39 is 0 Å². The monoisotopic (exact) mass is 578 g/mol. The van der Waals surface area contributed by atoms with Crippen LogP contribution in [0.25, 0.3) is 66.4 Å². The van der Waals surface area contributed by atoms with Crippen LogP contribution in [0.15, 0.2) is 167 Å². The number of para-hydroxylation sites is 1. The largest absolute Gasteiger partial charge is 0.456 e. The van der Waals surface area contributed by atoms with Gasteiger partial charge < -0.3 is 13.7 Å². The third kappa shape index (κ3) is 4.27. The molecule has 45 heavy (non-hydrogen) atoms. The zero-order valence-corrected chi connectivity index (χ0v) is 24.2. The van der Waals surface area contributed by atoms with Crippen molar-refractivity contribution in [3.8, 4) is 22.6 Å². The summed E-state index contributed by atoms with van der Waals surface area (Å²) in [6.45, 7) is 0. The number of benzene rings is 7. The van der Waals surface area contributed by atoms with Crippen LogP contribution in [0.3, 0.4) is 0 Å². The molecule has 2 aromatic heterocycles. The fraction of sp³-hybridized carbons (Fsp3) is 0. The molecule has 0 N–H and O–H groups in total. The number of rotatable bonds is 5. The first-order valence-electron chi connectivity index (χ1n) is 15.0. The van der Waals surface area contributed by atoms with Gasteiger partial charge >= 0.3 is 0 Å². The SMILES string of the molecule is c1ccc(-c2ccc(N(c3ccc4ccccc4c3)c3cc4oc5ccccc5c4c4oc(-c5ccccc5)nc34)cc2)cc1. The van der Waals surface area contributed by atoms with E-state index in [4.69, 9.17) is 13.8 Å². The zero-order valence-electron chi connectivity index (χ0n) is 24.2. The maximum atomic E-state index is 6.65. The van der Waals surface area contributed by atoms with Gasteiger partial charge in [-0.25, -0.2) is 4.98 Å². The second-order valence-electron chi connectivity index (χ2n) is 11.2. The third-order valence-corrected chi connectivity index (χ3v) is 8.47. The van der Waals surface area contributed by atoms with Gasteiger partial charge in [0.1, 0.15) is 16.7 Å². The molecular formula is C41H26N2O2. The number of oxazole rings is 1. The molecule has 0 amide bonds. The average molecular weight is 579 g/mol. The Balaban J connectivity index is 1.33. The van der Waals surface area contributed by atoms with Gasteiger partial charge in [-0.2, -0.15) is 0 Å². The highest BCUT2D eigenvalue weighted by Gasteiger charge is 2.25. The Morgan fingerprint density at radius 1 is 0.467 bits per heavy atom. The Morgan fingerprint density at radius 2 is 1.11 bits per heavy atom. The molecule has 0 unspecified atom stereocenters. The Labute approximate surface area is 259 Å². The molecular weight excluding hydrogens is 552 g/mol. The molecule has 2 heterocycles. The van der Waals surface area contributed by atoms with Crippen molar-refractivity contribution in [3.05, 3.63) is 158 Å². The molecule has 0 saturated heterocycles. The maximum absolute atomic E-state index is 6.65. The minimum Gasteiger partial charge on any atom is -0.456 e. The molecule has 0 aliphatic heterocycles. The van der Waals surface area contributed by atoms with E-state index >= 15 is 0 Å². The summed E-state index contributed by atoms with van der Waals surface area (Å²) in [6.07, 6.45) is 0. The number of aromatic nitrogens is 1. The van der Waals surface area contributed by atoms with Gasteiger partial charge in [0.2, 0.25) is 5.89 Å². The molecule has 0 bridgehead atoms. The minimum atomic E-state index is 0.572. The summed E-state index contributed by atoms with van der Waals surface area (Å²) >= 11 is 0. The van der Waals surface area contributed by atoms with Gasteiger partial charge in [-0.1, -0.05) is 109 Å². The highest BCUT2D eigenvalue weighted by atomic mass is 16.4. The van der Waals surface area contributed by atoms with E-state index in [9.17, 15) is 0 Å². The summed E-state index contributed by atoms with van der Waals surface area (Å²) in [4.78, 5) is 7.43. The molecule has 0 radical (unpaired) electrons. The quantitative estimate of drug-likeness (QED) is 0.204. The van der Waals surface area contributed by atoms with Gasteiger partial charge in [0, 0.05) is 28.4 Å². The molecule has 0 atom stereocenters. The number of anilines is 3. The van der Waals surface area contributed by atoms with Crippen molar-refractivity contribution in [2.75, 3.05) is 4.90 Å². The van der Waals surface area contributed by atoms with Gasteiger partial charge in [0.05, 0.1) is 11.1 Å². The van der Waals surface area contributed by atoms with E-state index in [0.717, 1.165) is 61.0 Å². The molecule has 212 valence electrons. The second kappa shape index (κ2) is 10.2. The van der Waals surface area contributed by atoms with E-state index in [1.54, 1.807) is 0 Å². The first-order valence-corrected chi connectivity index (χ1v) is 15.0. The van der Waals surface area contributed by atoms with Crippen LogP contribution in [0.5, 0.6) is 0 Å². The summed E-state index contributed by atoms with van der Waals surface area (Å²) < 4.78 is 13.1. The van der Waals surface area contributed by atoms with E-state index in [-0.39, 0.29) is 0 Å². The molecule has 7 aromatic carbocycles. The molecule has 0 spiro atoms. The lowest BCUT2D eigenvalue weighted by Gasteiger charge is -2.26. The van der Waals surface area contributed by atoms with Gasteiger partial charge in [0.15, 0.2) is 5.58 Å². The van der Waals surface area contributed by atoms with Crippen LogP contribution in [0.2, 0.25) is 0 Å². The van der Waals surface area contributed by atoms with Crippen LogP contribution in [-0.2, 0) is 0 Å². The summed E-state index contributed by atoms with van der Waals surface area (Å²) in [5.74, 6) is 0.572. The lowest BCUT2D eigenvalue weighted by molar-refractivity contribution is 0.622. The molecule has 4 nitrogen and oxygen atoms in total. The van der Waals surface area contributed by atoms with Crippen molar-refractivity contribution >= 4 is 60.9 Å². The van der Waals surface area contributed by atoms with E-state index in [2.05, 4.69) is 108 Å². The predicted octanol–water partition coefficient (Wildman–Crippen LogP) is 11.7. The van der Waals surface area contributed by atoms with Crippen LogP contribution >= 0.6 is 0 Å². The first kappa shape index (κ1) is 25.4. The van der Waals surface area contributed by atoms with Crippen LogP contribution in [-0.4, -0.2) is 4.98 Å². The fourth-order valence-corrected chi connectivity index (χ4v) is 6.31. The van der Waals surface area contributed by atoms with Crippen molar-refractivity contribution in [3.63, 3.8) is 0 Å². The second-order valence-corrected chi connectivity index (χ2v) is 11.2.